The molecule has 0 aromatic heterocycles. The standard InChI is InChI=1S/C13H23NO3/c1-4-10(5-2)9(3)14-8-11(13(16)17)6-7-12(14)15/h9-11H,4-8H2,1-3H3,(H,16,17). The number of rotatable bonds is 5. The molecule has 0 saturated carbocycles. The number of amides is 1. The molecule has 2 atom stereocenters. The average molecular weight is 241 g/mol. The van der Waals surface area contributed by atoms with Crippen LogP contribution in [0, 0.1) is 11.8 Å². The van der Waals surface area contributed by atoms with Crippen LogP contribution in [0.15, 0.2) is 0 Å². The van der Waals surface area contributed by atoms with E-state index >= 15 is 0 Å². The van der Waals surface area contributed by atoms with E-state index in [1.165, 1.54) is 0 Å². The van der Waals surface area contributed by atoms with Gasteiger partial charge in [-0.3, -0.25) is 9.59 Å². The van der Waals surface area contributed by atoms with Crippen LogP contribution < -0.4 is 0 Å². The predicted octanol–water partition coefficient (Wildman–Crippen LogP) is 2.13. The molecule has 1 amide bonds. The summed E-state index contributed by atoms with van der Waals surface area (Å²) in [6.07, 6.45) is 2.92. The first-order valence-electron chi connectivity index (χ1n) is 6.53. The van der Waals surface area contributed by atoms with Crippen LogP contribution >= 0.6 is 0 Å². The number of carbonyl (C=O) groups is 2. The summed E-state index contributed by atoms with van der Waals surface area (Å²) in [5, 5.41) is 9.04. The maximum Gasteiger partial charge on any atom is 0.308 e. The van der Waals surface area contributed by atoms with Crippen LogP contribution in [-0.4, -0.2) is 34.5 Å². The van der Waals surface area contributed by atoms with Gasteiger partial charge in [0.25, 0.3) is 0 Å². The Morgan fingerprint density at radius 2 is 2.06 bits per heavy atom. The van der Waals surface area contributed by atoms with E-state index in [0.717, 1.165) is 12.8 Å². The number of carbonyl (C=O) groups excluding carboxylic acids is 1. The summed E-state index contributed by atoms with van der Waals surface area (Å²) in [7, 11) is 0. The maximum atomic E-state index is 11.9. The van der Waals surface area contributed by atoms with Gasteiger partial charge in [-0.1, -0.05) is 26.7 Å². The van der Waals surface area contributed by atoms with Crippen LogP contribution in [-0.2, 0) is 9.59 Å². The number of hydrogen-bond donors (Lipinski definition) is 1. The largest absolute Gasteiger partial charge is 0.481 e. The minimum atomic E-state index is -0.778. The van der Waals surface area contributed by atoms with E-state index in [1.54, 1.807) is 4.90 Å². The first kappa shape index (κ1) is 14.0. The normalized spacial score (nSPS) is 22.9. The highest BCUT2D eigenvalue weighted by molar-refractivity contribution is 5.80. The Bertz CT molecular complexity index is 286. The molecule has 1 N–H and O–H groups in total. The zero-order valence-corrected chi connectivity index (χ0v) is 11.0. The zero-order chi connectivity index (χ0) is 13.0. The topological polar surface area (TPSA) is 57.6 Å². The molecule has 0 bridgehead atoms. The third kappa shape index (κ3) is 3.20. The molecule has 1 heterocycles. The maximum absolute atomic E-state index is 11.9. The van der Waals surface area contributed by atoms with Gasteiger partial charge in [0.1, 0.15) is 0 Å². The fraction of sp³-hybridized carbons (Fsp3) is 0.846. The monoisotopic (exact) mass is 241 g/mol. The van der Waals surface area contributed by atoms with E-state index in [2.05, 4.69) is 13.8 Å². The second-order valence-corrected chi connectivity index (χ2v) is 4.94. The van der Waals surface area contributed by atoms with Crippen molar-refractivity contribution in [2.75, 3.05) is 6.54 Å². The lowest BCUT2D eigenvalue weighted by Crippen LogP contribution is -2.49. The van der Waals surface area contributed by atoms with E-state index in [1.807, 2.05) is 6.92 Å². The lowest BCUT2D eigenvalue weighted by Gasteiger charge is -2.38. The Labute approximate surface area is 103 Å². The van der Waals surface area contributed by atoms with Gasteiger partial charge in [0.15, 0.2) is 0 Å². The molecule has 1 aliphatic rings. The highest BCUT2D eigenvalue weighted by Gasteiger charge is 2.34. The van der Waals surface area contributed by atoms with Crippen molar-refractivity contribution in [1.29, 1.82) is 0 Å². The molecule has 0 aromatic carbocycles. The summed E-state index contributed by atoms with van der Waals surface area (Å²) >= 11 is 0. The van der Waals surface area contributed by atoms with Gasteiger partial charge in [-0.25, -0.2) is 0 Å². The van der Waals surface area contributed by atoms with Gasteiger partial charge in [0, 0.05) is 19.0 Å². The van der Waals surface area contributed by atoms with Gasteiger partial charge >= 0.3 is 5.97 Å². The zero-order valence-electron chi connectivity index (χ0n) is 11.0. The Kier molecular flexibility index (Phi) is 4.97. The number of aliphatic carboxylic acids is 1. The van der Waals surface area contributed by atoms with Crippen molar-refractivity contribution in [3.8, 4) is 0 Å². The third-order valence-corrected chi connectivity index (χ3v) is 4.02. The number of nitrogens with zero attached hydrogens (tertiary/aromatic N) is 1. The molecule has 0 aromatic rings. The smallest absolute Gasteiger partial charge is 0.308 e. The summed E-state index contributed by atoms with van der Waals surface area (Å²) in [5.41, 5.74) is 0. The van der Waals surface area contributed by atoms with Crippen LogP contribution in [0.4, 0.5) is 0 Å². The molecule has 4 heteroatoms. The van der Waals surface area contributed by atoms with E-state index in [4.69, 9.17) is 5.11 Å². The van der Waals surface area contributed by atoms with Gasteiger partial charge in [-0.2, -0.15) is 0 Å². The second kappa shape index (κ2) is 6.03. The Balaban J connectivity index is 2.72. The summed E-state index contributed by atoms with van der Waals surface area (Å²) in [5.74, 6) is -0.586. The lowest BCUT2D eigenvalue weighted by molar-refractivity contribution is -0.149. The molecule has 1 aliphatic heterocycles. The van der Waals surface area contributed by atoms with E-state index in [0.29, 0.717) is 25.3 Å². The fourth-order valence-corrected chi connectivity index (χ4v) is 2.69. The lowest BCUT2D eigenvalue weighted by atomic mass is 9.90. The quantitative estimate of drug-likeness (QED) is 0.802. The second-order valence-electron chi connectivity index (χ2n) is 4.94. The van der Waals surface area contributed by atoms with Crippen LogP contribution in [0.2, 0.25) is 0 Å². The van der Waals surface area contributed by atoms with Gasteiger partial charge in [0.05, 0.1) is 5.92 Å². The van der Waals surface area contributed by atoms with Crippen molar-refractivity contribution >= 4 is 11.9 Å². The Morgan fingerprint density at radius 3 is 2.53 bits per heavy atom. The van der Waals surface area contributed by atoms with Crippen LogP contribution in [0.3, 0.4) is 0 Å². The van der Waals surface area contributed by atoms with Crippen molar-refractivity contribution in [3.05, 3.63) is 0 Å². The molecule has 1 fully saturated rings. The number of carboxylic acid groups (broad SMARTS) is 1. The predicted molar refractivity (Wildman–Crippen MR) is 65.6 cm³/mol. The number of likely N-dealkylation sites (tertiary alicyclic amines) is 1. The summed E-state index contributed by atoms with van der Waals surface area (Å²) in [4.78, 5) is 24.7. The first-order chi connectivity index (χ1) is 8.01. The number of hydrogen-bond acceptors (Lipinski definition) is 2. The van der Waals surface area contributed by atoms with Crippen molar-refractivity contribution in [2.24, 2.45) is 11.8 Å². The Morgan fingerprint density at radius 1 is 1.47 bits per heavy atom. The third-order valence-electron chi connectivity index (χ3n) is 4.02. The van der Waals surface area contributed by atoms with E-state index < -0.39 is 5.97 Å². The summed E-state index contributed by atoms with van der Waals surface area (Å²) < 4.78 is 0. The first-order valence-corrected chi connectivity index (χ1v) is 6.53. The van der Waals surface area contributed by atoms with Gasteiger partial charge in [-0.05, 0) is 19.3 Å². The Hall–Kier alpha value is -1.06. The SMILES string of the molecule is CCC(CC)C(C)N1CC(C(=O)O)CCC1=O. The number of carboxylic acids is 1. The van der Waals surface area contributed by atoms with Crippen molar-refractivity contribution in [1.82, 2.24) is 4.90 Å². The van der Waals surface area contributed by atoms with Gasteiger partial charge < -0.3 is 10.0 Å². The van der Waals surface area contributed by atoms with E-state index in [9.17, 15) is 9.59 Å². The minimum absolute atomic E-state index is 0.113. The average Bonchev–Trinajstić information content (AvgIpc) is 2.30. The fourth-order valence-electron chi connectivity index (χ4n) is 2.69. The van der Waals surface area contributed by atoms with Crippen molar-refractivity contribution < 1.29 is 14.7 Å². The molecule has 0 radical (unpaired) electrons. The van der Waals surface area contributed by atoms with Crippen molar-refractivity contribution in [2.45, 2.75) is 52.5 Å². The molecule has 17 heavy (non-hydrogen) atoms. The van der Waals surface area contributed by atoms with Crippen LogP contribution in [0.25, 0.3) is 0 Å². The molecule has 2 unspecified atom stereocenters. The van der Waals surface area contributed by atoms with Crippen LogP contribution in [0.5, 0.6) is 0 Å². The van der Waals surface area contributed by atoms with Crippen LogP contribution in [0.1, 0.15) is 46.5 Å². The molecular weight excluding hydrogens is 218 g/mol. The molecular formula is C13H23NO3. The number of piperidine rings is 1. The van der Waals surface area contributed by atoms with Crippen molar-refractivity contribution in [3.63, 3.8) is 0 Å². The van der Waals surface area contributed by atoms with Gasteiger partial charge in [0.2, 0.25) is 5.91 Å². The highest BCUT2D eigenvalue weighted by atomic mass is 16.4. The molecule has 1 rings (SSSR count). The highest BCUT2D eigenvalue weighted by Crippen LogP contribution is 2.25. The molecule has 0 spiro atoms. The minimum Gasteiger partial charge on any atom is -0.481 e. The van der Waals surface area contributed by atoms with Gasteiger partial charge in [-0.15, -0.1) is 0 Å². The summed E-state index contributed by atoms with van der Waals surface area (Å²) in [6.45, 7) is 6.66. The molecule has 4 nitrogen and oxygen atoms in total. The molecule has 1 saturated heterocycles. The summed E-state index contributed by atoms with van der Waals surface area (Å²) in [6, 6.07) is 0.152. The molecule has 98 valence electrons. The van der Waals surface area contributed by atoms with E-state index in [-0.39, 0.29) is 17.9 Å². The molecule has 0 aliphatic carbocycles.